The molecule has 15 heavy (non-hydrogen) atoms. The van der Waals surface area contributed by atoms with Crippen molar-refractivity contribution in [1.82, 2.24) is 0 Å². The summed E-state index contributed by atoms with van der Waals surface area (Å²) in [7, 11) is 0. The van der Waals surface area contributed by atoms with E-state index in [0.717, 1.165) is 11.8 Å². The van der Waals surface area contributed by atoms with Crippen molar-refractivity contribution in [2.45, 2.75) is 17.4 Å². The van der Waals surface area contributed by atoms with Crippen molar-refractivity contribution < 1.29 is 15.0 Å². The van der Waals surface area contributed by atoms with Gasteiger partial charge in [0.05, 0.1) is 0 Å². The van der Waals surface area contributed by atoms with Crippen LogP contribution in [0.2, 0.25) is 0 Å². The zero-order chi connectivity index (χ0) is 11.6. The molecule has 6 nitrogen and oxygen atoms in total. The summed E-state index contributed by atoms with van der Waals surface area (Å²) < 4.78 is 0. The number of nitrogens with two attached hydrogens (primary N) is 1. The van der Waals surface area contributed by atoms with Crippen molar-refractivity contribution in [3.05, 3.63) is 20.4 Å². The van der Waals surface area contributed by atoms with Crippen LogP contribution >= 0.6 is 11.8 Å². The van der Waals surface area contributed by atoms with Crippen molar-refractivity contribution in [3.63, 3.8) is 0 Å². The molecule has 0 heterocycles. The van der Waals surface area contributed by atoms with Gasteiger partial charge in [0, 0.05) is 5.75 Å². The van der Waals surface area contributed by atoms with Crippen LogP contribution in [0.1, 0.15) is 6.42 Å². The van der Waals surface area contributed by atoms with Crippen LogP contribution in [-0.4, -0.2) is 28.0 Å². The summed E-state index contributed by atoms with van der Waals surface area (Å²) in [5.74, 6) is -1.38. The van der Waals surface area contributed by atoms with E-state index in [1.165, 1.54) is 0 Å². The van der Waals surface area contributed by atoms with Gasteiger partial charge in [0.2, 0.25) is 5.43 Å². The van der Waals surface area contributed by atoms with Crippen LogP contribution in [0, 0.1) is 0 Å². The minimum Gasteiger partial charge on any atom is -0.503 e. The molecule has 0 aliphatic heterocycles. The fourth-order valence-corrected chi connectivity index (χ4v) is 1.93. The molecule has 1 aromatic rings. The Morgan fingerprint density at radius 3 is 2.47 bits per heavy atom. The molecule has 7 heteroatoms. The molecule has 1 rings (SSSR count). The van der Waals surface area contributed by atoms with E-state index in [-0.39, 0.29) is 17.1 Å². The Morgan fingerprint density at radius 1 is 1.40 bits per heavy atom. The molecule has 0 unspecified atom stereocenters. The maximum atomic E-state index is 10.8. The van der Waals surface area contributed by atoms with Crippen LogP contribution in [-0.2, 0) is 4.79 Å². The summed E-state index contributed by atoms with van der Waals surface area (Å²) in [4.78, 5) is 31.8. The first kappa shape index (κ1) is 11.7. The van der Waals surface area contributed by atoms with Gasteiger partial charge in [-0.3, -0.25) is 14.4 Å². The maximum absolute atomic E-state index is 10.8. The Morgan fingerprint density at radius 2 is 2.00 bits per heavy atom. The molecule has 0 aliphatic carbocycles. The average Bonchev–Trinajstić information content (AvgIpc) is 2.22. The van der Waals surface area contributed by atoms with Gasteiger partial charge < -0.3 is 15.9 Å². The number of carboxylic acids is 1. The predicted octanol–water partition coefficient (Wildman–Crippen LogP) is -1.12. The summed E-state index contributed by atoms with van der Waals surface area (Å²) in [6, 6.07) is -0.994. The lowest BCUT2D eigenvalue weighted by molar-refractivity contribution is -0.138. The van der Waals surface area contributed by atoms with E-state index < -0.39 is 28.6 Å². The second-order valence-corrected chi connectivity index (χ2v) is 4.02. The van der Waals surface area contributed by atoms with Crippen molar-refractivity contribution in [1.29, 1.82) is 0 Å². The fraction of sp³-hybridized carbons (Fsp3) is 0.375. The normalized spacial score (nSPS) is 12.9. The number of hydrogen-bond donors (Lipinski definition) is 3. The highest BCUT2D eigenvalue weighted by Crippen LogP contribution is 2.23. The molecule has 0 fully saturated rings. The first-order valence-electron chi connectivity index (χ1n) is 4.08. The number of hydrogen-bond acceptors (Lipinski definition) is 6. The van der Waals surface area contributed by atoms with E-state index in [4.69, 9.17) is 15.9 Å². The number of carbonyl (C=O) groups is 1. The molecule has 4 N–H and O–H groups in total. The molecule has 82 valence electrons. The number of thioether (sulfide) groups is 1. The average molecular weight is 231 g/mol. The van der Waals surface area contributed by atoms with Gasteiger partial charge in [0.25, 0.3) is 5.43 Å². The van der Waals surface area contributed by atoms with E-state index in [9.17, 15) is 14.4 Å². The molecule has 0 bridgehead atoms. The van der Waals surface area contributed by atoms with Gasteiger partial charge in [-0.1, -0.05) is 0 Å². The monoisotopic (exact) mass is 231 g/mol. The largest absolute Gasteiger partial charge is 0.503 e. The molecule has 0 spiro atoms. The standard InChI is InChI=1S/C8H9NO5S/c9-3(8(13)14)1-2-15-7-5(11)4(10)6(7)12/h3,11H,1-2,9H2,(H,13,14)/t3-/m1/s1. The Labute approximate surface area is 88.4 Å². The second kappa shape index (κ2) is 4.45. The van der Waals surface area contributed by atoms with Crippen LogP contribution < -0.4 is 16.6 Å². The van der Waals surface area contributed by atoms with E-state index >= 15 is 0 Å². The second-order valence-electron chi connectivity index (χ2n) is 2.92. The van der Waals surface area contributed by atoms with Gasteiger partial charge in [0.15, 0.2) is 5.75 Å². The topological polar surface area (TPSA) is 118 Å². The van der Waals surface area contributed by atoms with Gasteiger partial charge in [-0.2, -0.15) is 0 Å². The number of rotatable bonds is 5. The lowest BCUT2D eigenvalue weighted by Crippen LogP contribution is -2.33. The summed E-state index contributed by atoms with van der Waals surface area (Å²) in [5, 5.41) is 17.4. The van der Waals surface area contributed by atoms with Crippen LogP contribution in [0.25, 0.3) is 0 Å². The quantitative estimate of drug-likeness (QED) is 0.434. The SMILES string of the molecule is N[C@H](CCSc1c(O)c(=O)c1=O)C(=O)O. The number of aromatic hydroxyl groups is 1. The first-order chi connectivity index (χ1) is 6.95. The highest BCUT2D eigenvalue weighted by atomic mass is 32.2. The fourth-order valence-electron chi connectivity index (χ4n) is 0.904. The predicted molar refractivity (Wildman–Crippen MR) is 54.0 cm³/mol. The van der Waals surface area contributed by atoms with Gasteiger partial charge in [-0.15, -0.1) is 11.8 Å². The summed E-state index contributed by atoms with van der Waals surface area (Å²) in [6.45, 7) is 0. The molecule has 1 atom stereocenters. The highest BCUT2D eigenvalue weighted by molar-refractivity contribution is 7.99. The van der Waals surface area contributed by atoms with E-state index in [1.807, 2.05) is 0 Å². The molecular formula is C8H9NO5S. The third-order valence-corrected chi connectivity index (χ3v) is 2.94. The third-order valence-electron chi connectivity index (χ3n) is 1.84. The van der Waals surface area contributed by atoms with Gasteiger partial charge >= 0.3 is 5.97 Å². The molecule has 0 aromatic heterocycles. The smallest absolute Gasteiger partial charge is 0.320 e. The maximum Gasteiger partial charge on any atom is 0.320 e. The van der Waals surface area contributed by atoms with Crippen LogP contribution in [0.15, 0.2) is 14.5 Å². The minimum absolute atomic E-state index is 0.00223. The molecule has 0 saturated carbocycles. The third kappa shape index (κ3) is 2.37. The lowest BCUT2D eigenvalue weighted by atomic mass is 10.2. The van der Waals surface area contributed by atoms with E-state index in [1.54, 1.807) is 0 Å². The van der Waals surface area contributed by atoms with Crippen molar-refractivity contribution in [3.8, 4) is 5.75 Å². The Hall–Kier alpha value is -1.34. The summed E-state index contributed by atoms with van der Waals surface area (Å²) >= 11 is 0.945. The highest BCUT2D eigenvalue weighted by Gasteiger charge is 2.20. The van der Waals surface area contributed by atoms with Gasteiger partial charge in [-0.05, 0) is 6.42 Å². The minimum atomic E-state index is -1.12. The van der Waals surface area contributed by atoms with Crippen LogP contribution in [0.3, 0.4) is 0 Å². The molecule has 0 saturated heterocycles. The number of aliphatic carboxylic acids is 1. The van der Waals surface area contributed by atoms with Crippen LogP contribution in [0.5, 0.6) is 5.75 Å². The molecular weight excluding hydrogens is 222 g/mol. The Bertz CT molecular complexity index is 448. The van der Waals surface area contributed by atoms with Crippen molar-refractivity contribution in [2.75, 3.05) is 5.75 Å². The van der Waals surface area contributed by atoms with Crippen molar-refractivity contribution in [2.24, 2.45) is 5.73 Å². The van der Waals surface area contributed by atoms with Gasteiger partial charge in [-0.25, -0.2) is 0 Å². The summed E-state index contributed by atoms with van der Waals surface area (Å²) in [6.07, 6.45) is 0.165. The zero-order valence-electron chi connectivity index (χ0n) is 7.60. The van der Waals surface area contributed by atoms with Gasteiger partial charge in [0.1, 0.15) is 10.9 Å². The summed E-state index contributed by atoms with van der Waals surface area (Å²) in [5.41, 5.74) is 3.61. The molecule has 0 amide bonds. The lowest BCUT2D eigenvalue weighted by Gasteiger charge is -2.07. The Balaban J connectivity index is 2.43. The van der Waals surface area contributed by atoms with E-state index in [0.29, 0.717) is 0 Å². The van der Waals surface area contributed by atoms with E-state index in [2.05, 4.69) is 0 Å². The first-order valence-corrected chi connectivity index (χ1v) is 5.07. The Kier molecular flexibility index (Phi) is 3.48. The van der Waals surface area contributed by atoms with Crippen molar-refractivity contribution >= 4 is 17.7 Å². The van der Waals surface area contributed by atoms with Crippen LogP contribution in [0.4, 0.5) is 0 Å². The zero-order valence-corrected chi connectivity index (χ0v) is 8.41. The molecule has 1 aromatic carbocycles. The molecule has 0 aliphatic rings. The molecule has 0 radical (unpaired) electrons. The number of carboxylic acid groups (broad SMARTS) is 1.